The van der Waals surface area contributed by atoms with E-state index in [1.54, 1.807) is 0 Å². The number of anilines is 2. The van der Waals surface area contributed by atoms with Crippen LogP contribution in [0.3, 0.4) is 0 Å². The third-order valence-corrected chi connectivity index (χ3v) is 9.24. The Morgan fingerprint density at radius 1 is 0.906 bits per heavy atom. The Hall–Kier alpha value is -1.16. The third kappa shape index (κ3) is 6.24. The van der Waals surface area contributed by atoms with Gasteiger partial charge >= 0.3 is 0 Å². The van der Waals surface area contributed by atoms with Gasteiger partial charge in [0.15, 0.2) is 5.12 Å². The minimum atomic E-state index is -0.325. The van der Waals surface area contributed by atoms with Crippen LogP contribution in [0.25, 0.3) is 0 Å². The average molecular weight is 457 g/mol. The summed E-state index contributed by atoms with van der Waals surface area (Å²) in [4.78, 5) is 13.7. The Labute approximate surface area is 200 Å². The van der Waals surface area contributed by atoms with Crippen LogP contribution < -0.4 is 10.6 Å². The van der Waals surface area contributed by atoms with E-state index in [-0.39, 0.29) is 10.5 Å². The second-order valence-corrected chi connectivity index (χ2v) is 12.9. The van der Waals surface area contributed by atoms with Crippen LogP contribution in [-0.4, -0.2) is 17.2 Å². The summed E-state index contributed by atoms with van der Waals surface area (Å²) in [5.74, 6) is 2.76. The predicted molar refractivity (Wildman–Crippen MR) is 139 cm³/mol. The molecule has 0 aliphatic heterocycles. The monoisotopic (exact) mass is 456 g/mol. The van der Waals surface area contributed by atoms with E-state index in [4.69, 9.17) is 0 Å². The molecule has 3 aliphatic carbocycles. The van der Waals surface area contributed by atoms with Crippen molar-refractivity contribution >= 4 is 28.3 Å². The Morgan fingerprint density at radius 3 is 2.19 bits per heavy atom. The van der Waals surface area contributed by atoms with Crippen molar-refractivity contribution in [2.75, 3.05) is 10.6 Å². The van der Waals surface area contributed by atoms with Crippen molar-refractivity contribution < 1.29 is 4.79 Å². The Balaban J connectivity index is 1.49. The first-order valence-electron chi connectivity index (χ1n) is 13.2. The lowest BCUT2D eigenvalue weighted by Crippen LogP contribution is -2.37. The highest BCUT2D eigenvalue weighted by atomic mass is 32.2. The molecule has 0 radical (unpaired) electrons. The number of hydrogen-bond acceptors (Lipinski definition) is 4. The molecule has 0 heterocycles. The quantitative estimate of drug-likeness (QED) is 0.424. The van der Waals surface area contributed by atoms with Gasteiger partial charge in [-0.1, -0.05) is 65.1 Å². The summed E-state index contributed by atoms with van der Waals surface area (Å²) in [6.07, 6.45) is 14.8. The number of carbonyl (C=O) groups is 1. The molecule has 0 amide bonds. The van der Waals surface area contributed by atoms with Gasteiger partial charge in [-0.2, -0.15) is 0 Å². The lowest BCUT2D eigenvalue weighted by atomic mass is 9.66. The molecule has 1 aromatic rings. The van der Waals surface area contributed by atoms with Crippen molar-refractivity contribution in [1.29, 1.82) is 0 Å². The van der Waals surface area contributed by atoms with Crippen LogP contribution in [0.2, 0.25) is 0 Å². The van der Waals surface area contributed by atoms with Gasteiger partial charge in [-0.25, -0.2) is 0 Å². The molecule has 2 atom stereocenters. The number of rotatable bonds is 6. The maximum Gasteiger partial charge on any atom is 0.198 e. The molecule has 178 valence electrons. The number of nitrogens with one attached hydrogen (secondary N) is 2. The number of carbonyl (C=O) groups excluding carboxylic acids is 1. The summed E-state index contributed by atoms with van der Waals surface area (Å²) in [5.41, 5.74) is 2.11. The molecular formula is C28H44N2OS. The van der Waals surface area contributed by atoms with E-state index >= 15 is 0 Å². The highest BCUT2D eigenvalue weighted by molar-refractivity contribution is 8.13. The van der Waals surface area contributed by atoms with Gasteiger partial charge in [0.2, 0.25) is 0 Å². The second-order valence-electron chi connectivity index (χ2n) is 11.9. The van der Waals surface area contributed by atoms with E-state index in [0.29, 0.717) is 12.1 Å². The van der Waals surface area contributed by atoms with Crippen molar-refractivity contribution in [3.05, 3.63) is 18.2 Å². The van der Waals surface area contributed by atoms with Gasteiger partial charge < -0.3 is 10.6 Å². The topological polar surface area (TPSA) is 41.1 Å². The molecule has 2 N–H and O–H groups in total. The van der Waals surface area contributed by atoms with E-state index in [2.05, 4.69) is 35.8 Å². The summed E-state index contributed by atoms with van der Waals surface area (Å²) in [5, 5.41) is 8.05. The zero-order valence-corrected chi connectivity index (χ0v) is 21.5. The molecule has 0 saturated heterocycles. The smallest absolute Gasteiger partial charge is 0.198 e. The second kappa shape index (κ2) is 10.4. The summed E-state index contributed by atoms with van der Waals surface area (Å²) in [6.45, 7) is 8.38. The Morgan fingerprint density at radius 2 is 1.56 bits per heavy atom. The van der Waals surface area contributed by atoms with E-state index < -0.39 is 0 Å². The number of thioether (sulfide) groups is 1. The molecule has 2 unspecified atom stereocenters. The van der Waals surface area contributed by atoms with Crippen molar-refractivity contribution in [2.45, 2.75) is 115 Å². The highest BCUT2D eigenvalue weighted by Crippen LogP contribution is 2.45. The van der Waals surface area contributed by atoms with E-state index in [9.17, 15) is 4.79 Å². The predicted octanol–water partition coefficient (Wildman–Crippen LogP) is 8.11. The summed E-state index contributed by atoms with van der Waals surface area (Å²) >= 11 is 1.39. The maximum atomic E-state index is 12.6. The van der Waals surface area contributed by atoms with Crippen LogP contribution in [0.5, 0.6) is 0 Å². The zero-order valence-electron chi connectivity index (χ0n) is 20.7. The van der Waals surface area contributed by atoms with Gasteiger partial charge in [0, 0.05) is 22.4 Å². The normalized spacial score (nSPS) is 28.9. The van der Waals surface area contributed by atoms with Crippen molar-refractivity contribution in [3.63, 3.8) is 0 Å². The highest BCUT2D eigenvalue weighted by Gasteiger charge is 2.35. The number of hydrogen-bond donors (Lipinski definition) is 2. The first-order valence-corrected chi connectivity index (χ1v) is 14.0. The van der Waals surface area contributed by atoms with Gasteiger partial charge in [0.1, 0.15) is 0 Å². The van der Waals surface area contributed by atoms with E-state index in [0.717, 1.165) is 22.6 Å². The summed E-state index contributed by atoms with van der Waals surface area (Å²) in [6, 6.07) is 7.72. The molecule has 3 fully saturated rings. The van der Waals surface area contributed by atoms with Gasteiger partial charge in [-0.15, -0.1) is 0 Å². The number of fused-ring (bicyclic) bond motifs is 2. The molecule has 2 bridgehead atoms. The standard InChI is InChI=1S/C28H44N2OS/c1-5-19-13-20-15-21(14-19)17-23(16-20)30-25-12-11-24(32-27(31)28(2,3)4)18-26(25)29-22-9-7-6-8-10-22/h11-12,18-23,29-30H,5-10,13-17H2,1-4H3. The van der Waals surface area contributed by atoms with E-state index in [1.807, 2.05) is 20.8 Å². The fourth-order valence-electron chi connectivity index (χ4n) is 6.22. The van der Waals surface area contributed by atoms with Crippen LogP contribution >= 0.6 is 11.8 Å². The van der Waals surface area contributed by atoms with Crippen LogP contribution in [0, 0.1) is 23.2 Å². The maximum absolute atomic E-state index is 12.6. The zero-order chi connectivity index (χ0) is 22.7. The minimum Gasteiger partial charge on any atom is -0.381 e. The van der Waals surface area contributed by atoms with Gasteiger partial charge in [0.05, 0.1) is 11.4 Å². The lowest BCUT2D eigenvalue weighted by Gasteiger charge is -2.43. The van der Waals surface area contributed by atoms with Crippen LogP contribution in [0.4, 0.5) is 11.4 Å². The first-order chi connectivity index (χ1) is 15.3. The molecule has 0 spiro atoms. The molecule has 3 aliphatic rings. The summed E-state index contributed by atoms with van der Waals surface area (Å²) < 4.78 is 0. The molecule has 3 saturated carbocycles. The number of benzene rings is 1. The fraction of sp³-hybridized carbons (Fsp3) is 0.750. The average Bonchev–Trinajstić information content (AvgIpc) is 2.75. The van der Waals surface area contributed by atoms with Crippen LogP contribution in [0.1, 0.15) is 98.3 Å². The largest absolute Gasteiger partial charge is 0.381 e. The lowest BCUT2D eigenvalue weighted by molar-refractivity contribution is -0.117. The minimum absolute atomic E-state index is 0.229. The molecule has 32 heavy (non-hydrogen) atoms. The van der Waals surface area contributed by atoms with Gasteiger partial charge in [0.25, 0.3) is 0 Å². The Kier molecular flexibility index (Phi) is 7.80. The molecule has 0 aromatic heterocycles. The van der Waals surface area contributed by atoms with E-state index in [1.165, 1.54) is 93.8 Å². The van der Waals surface area contributed by atoms with Gasteiger partial charge in [-0.3, -0.25) is 4.79 Å². The third-order valence-electron chi connectivity index (χ3n) is 7.95. The van der Waals surface area contributed by atoms with Crippen molar-refractivity contribution in [3.8, 4) is 0 Å². The Bertz CT molecular complexity index is 766. The van der Waals surface area contributed by atoms with Crippen molar-refractivity contribution in [1.82, 2.24) is 0 Å². The van der Waals surface area contributed by atoms with Crippen LogP contribution in [0.15, 0.2) is 23.1 Å². The first kappa shape index (κ1) is 24.0. The SMILES string of the molecule is CCC1CC2CC(C1)CC(Nc1ccc(SC(=O)C(C)(C)C)cc1NC1CCCCC1)C2. The molecular weight excluding hydrogens is 412 g/mol. The molecule has 4 heteroatoms. The van der Waals surface area contributed by atoms with Crippen LogP contribution in [-0.2, 0) is 4.79 Å². The molecule has 1 aromatic carbocycles. The molecule has 3 nitrogen and oxygen atoms in total. The van der Waals surface area contributed by atoms with Crippen molar-refractivity contribution in [2.24, 2.45) is 23.2 Å². The molecule has 4 rings (SSSR count). The summed E-state index contributed by atoms with van der Waals surface area (Å²) in [7, 11) is 0. The fourth-order valence-corrected chi connectivity index (χ4v) is 7.05. The van der Waals surface area contributed by atoms with Gasteiger partial charge in [-0.05, 0) is 80.9 Å².